The number of hydrogen-bond acceptors (Lipinski definition) is 6. The van der Waals surface area contributed by atoms with E-state index in [2.05, 4.69) is 40.8 Å². The van der Waals surface area contributed by atoms with E-state index in [0.717, 1.165) is 61.7 Å². The Labute approximate surface area is 190 Å². The van der Waals surface area contributed by atoms with Crippen molar-refractivity contribution in [2.45, 2.75) is 45.7 Å². The Balaban J connectivity index is 1.49. The molecule has 2 unspecified atom stereocenters. The lowest BCUT2D eigenvalue weighted by Gasteiger charge is -2.12. The average molecular weight is 436 g/mol. The molecule has 7 heteroatoms. The number of hydrogen-bond donors (Lipinski definition) is 0. The number of likely N-dealkylation sites (tertiary alicyclic amines) is 1. The first-order chi connectivity index (χ1) is 15.5. The van der Waals surface area contributed by atoms with Gasteiger partial charge in [0.1, 0.15) is 6.04 Å². The molecule has 2 aromatic heterocycles. The van der Waals surface area contributed by atoms with Crippen molar-refractivity contribution in [1.82, 2.24) is 19.7 Å². The topological polar surface area (TPSA) is 64.8 Å². The van der Waals surface area contributed by atoms with Crippen molar-refractivity contribution in [3.8, 4) is 5.88 Å². The SMILES string of the molecule is COc1ncc(C2=NC(c3cn(CC4CCN(C)C4)nc3C)C3=C2CCOCC3)cc1C. The Morgan fingerprint density at radius 3 is 2.81 bits per heavy atom. The van der Waals surface area contributed by atoms with E-state index in [4.69, 9.17) is 19.6 Å². The zero-order valence-corrected chi connectivity index (χ0v) is 19.6. The quantitative estimate of drug-likeness (QED) is 0.719. The molecule has 2 atom stereocenters. The first-order valence-electron chi connectivity index (χ1n) is 11.6. The predicted molar refractivity (Wildman–Crippen MR) is 124 cm³/mol. The van der Waals surface area contributed by atoms with Crippen LogP contribution in [0.15, 0.2) is 34.6 Å². The average Bonchev–Trinajstić information content (AvgIpc) is 3.39. The normalized spacial score (nSPS) is 23.9. The van der Waals surface area contributed by atoms with E-state index in [9.17, 15) is 0 Å². The summed E-state index contributed by atoms with van der Waals surface area (Å²) in [6.07, 6.45) is 7.16. The van der Waals surface area contributed by atoms with Crippen LogP contribution in [0.1, 0.15) is 47.7 Å². The minimum absolute atomic E-state index is 0.0177. The number of nitrogens with zero attached hydrogens (tertiary/aromatic N) is 5. The molecule has 0 aliphatic carbocycles. The minimum atomic E-state index is 0.0177. The van der Waals surface area contributed by atoms with Gasteiger partial charge in [-0.15, -0.1) is 0 Å². The Morgan fingerprint density at radius 2 is 2.06 bits per heavy atom. The van der Waals surface area contributed by atoms with Crippen LogP contribution in [-0.4, -0.2) is 65.8 Å². The summed E-state index contributed by atoms with van der Waals surface area (Å²) in [4.78, 5) is 12.2. The molecule has 1 saturated heterocycles. The Bertz CT molecular complexity index is 1070. The lowest BCUT2D eigenvalue weighted by molar-refractivity contribution is 0.145. The van der Waals surface area contributed by atoms with Gasteiger partial charge in [-0.2, -0.15) is 5.10 Å². The van der Waals surface area contributed by atoms with Crippen molar-refractivity contribution in [2.75, 3.05) is 40.5 Å². The van der Waals surface area contributed by atoms with E-state index < -0.39 is 0 Å². The molecule has 0 aromatic carbocycles. The van der Waals surface area contributed by atoms with Crippen molar-refractivity contribution < 1.29 is 9.47 Å². The second kappa shape index (κ2) is 8.79. The molecule has 3 aliphatic rings. The summed E-state index contributed by atoms with van der Waals surface area (Å²) in [7, 11) is 3.86. The summed E-state index contributed by atoms with van der Waals surface area (Å²) in [6, 6.07) is 2.15. The van der Waals surface area contributed by atoms with Crippen LogP contribution in [0.3, 0.4) is 0 Å². The number of aliphatic imine (C=N–C) groups is 1. The van der Waals surface area contributed by atoms with Crippen molar-refractivity contribution in [3.05, 3.63) is 52.0 Å². The third kappa shape index (κ3) is 3.99. The van der Waals surface area contributed by atoms with Gasteiger partial charge in [0.25, 0.3) is 0 Å². The van der Waals surface area contributed by atoms with Crippen LogP contribution in [0.4, 0.5) is 0 Å². The van der Waals surface area contributed by atoms with Crippen LogP contribution in [0.2, 0.25) is 0 Å². The molecular formula is C25H33N5O2. The van der Waals surface area contributed by atoms with Crippen LogP contribution >= 0.6 is 0 Å². The minimum Gasteiger partial charge on any atom is -0.481 e. The van der Waals surface area contributed by atoms with E-state index in [1.807, 2.05) is 13.1 Å². The summed E-state index contributed by atoms with van der Waals surface area (Å²) in [5, 5.41) is 4.89. The Morgan fingerprint density at radius 1 is 1.22 bits per heavy atom. The lowest BCUT2D eigenvalue weighted by Crippen LogP contribution is -2.17. The fourth-order valence-corrected chi connectivity index (χ4v) is 5.37. The van der Waals surface area contributed by atoms with Gasteiger partial charge < -0.3 is 14.4 Å². The molecule has 0 radical (unpaired) electrons. The summed E-state index contributed by atoms with van der Waals surface area (Å²) < 4.78 is 13.3. The van der Waals surface area contributed by atoms with E-state index in [1.165, 1.54) is 29.7 Å². The fraction of sp³-hybridized carbons (Fsp3) is 0.560. The zero-order chi connectivity index (χ0) is 22.2. The molecule has 0 saturated carbocycles. The van der Waals surface area contributed by atoms with E-state index in [1.54, 1.807) is 7.11 Å². The summed E-state index contributed by atoms with van der Waals surface area (Å²) in [5.41, 5.74) is 8.13. The molecule has 7 nitrogen and oxygen atoms in total. The maximum atomic E-state index is 5.84. The number of methoxy groups -OCH3 is 1. The van der Waals surface area contributed by atoms with Crippen molar-refractivity contribution in [1.29, 1.82) is 0 Å². The second-order valence-corrected chi connectivity index (χ2v) is 9.36. The van der Waals surface area contributed by atoms with Gasteiger partial charge in [0.05, 0.1) is 31.7 Å². The van der Waals surface area contributed by atoms with Gasteiger partial charge >= 0.3 is 0 Å². The summed E-state index contributed by atoms with van der Waals surface area (Å²) in [5.74, 6) is 1.33. The molecule has 0 spiro atoms. The van der Waals surface area contributed by atoms with Crippen molar-refractivity contribution in [3.63, 3.8) is 0 Å². The second-order valence-electron chi connectivity index (χ2n) is 9.36. The highest BCUT2D eigenvalue weighted by molar-refractivity contribution is 6.14. The van der Waals surface area contributed by atoms with E-state index in [0.29, 0.717) is 11.8 Å². The molecular weight excluding hydrogens is 402 g/mol. The highest BCUT2D eigenvalue weighted by atomic mass is 16.5. The van der Waals surface area contributed by atoms with Crippen LogP contribution in [0.5, 0.6) is 5.88 Å². The molecule has 0 amide bonds. The predicted octanol–water partition coefficient (Wildman–Crippen LogP) is 3.51. The van der Waals surface area contributed by atoms with E-state index in [-0.39, 0.29) is 6.04 Å². The summed E-state index contributed by atoms with van der Waals surface area (Å²) >= 11 is 0. The third-order valence-electron chi connectivity index (χ3n) is 6.98. The van der Waals surface area contributed by atoms with Gasteiger partial charge in [0, 0.05) is 42.2 Å². The smallest absolute Gasteiger partial charge is 0.215 e. The monoisotopic (exact) mass is 435 g/mol. The molecule has 0 bridgehead atoms. The highest BCUT2D eigenvalue weighted by Crippen LogP contribution is 2.41. The van der Waals surface area contributed by atoms with Crippen LogP contribution in [0.25, 0.3) is 0 Å². The first kappa shape index (κ1) is 21.3. The molecule has 2 aromatic rings. The standard InChI is InChI=1S/C25H33N5O2/c1-16-11-19(12-26-25(16)31-4)23-20-6-9-32-10-7-21(20)24(27-23)22-15-30(28-17(22)2)14-18-5-8-29(3)13-18/h11-12,15,18,24H,5-10,13-14H2,1-4H3. The van der Waals surface area contributed by atoms with Gasteiger partial charge in [0.2, 0.25) is 5.88 Å². The molecule has 32 heavy (non-hydrogen) atoms. The maximum Gasteiger partial charge on any atom is 0.215 e. The van der Waals surface area contributed by atoms with Crippen LogP contribution in [0, 0.1) is 19.8 Å². The fourth-order valence-electron chi connectivity index (χ4n) is 5.37. The molecule has 5 rings (SSSR count). The highest BCUT2D eigenvalue weighted by Gasteiger charge is 2.33. The van der Waals surface area contributed by atoms with Gasteiger partial charge in [-0.1, -0.05) is 0 Å². The van der Waals surface area contributed by atoms with Gasteiger partial charge in [-0.05, 0) is 69.8 Å². The summed E-state index contributed by atoms with van der Waals surface area (Å²) in [6.45, 7) is 8.94. The molecule has 5 heterocycles. The number of aryl methyl sites for hydroxylation is 2. The maximum absolute atomic E-state index is 5.84. The Kier molecular flexibility index (Phi) is 5.86. The van der Waals surface area contributed by atoms with E-state index >= 15 is 0 Å². The van der Waals surface area contributed by atoms with Crippen LogP contribution < -0.4 is 4.74 Å². The third-order valence-corrected chi connectivity index (χ3v) is 6.98. The largest absolute Gasteiger partial charge is 0.481 e. The molecule has 0 N–H and O–H groups in total. The zero-order valence-electron chi connectivity index (χ0n) is 19.6. The number of pyridine rings is 1. The van der Waals surface area contributed by atoms with Crippen LogP contribution in [-0.2, 0) is 11.3 Å². The van der Waals surface area contributed by atoms with Gasteiger partial charge in [0.15, 0.2) is 0 Å². The first-order valence-corrected chi connectivity index (χ1v) is 11.6. The van der Waals surface area contributed by atoms with Crippen molar-refractivity contribution >= 4 is 5.71 Å². The molecule has 3 aliphatic heterocycles. The lowest BCUT2D eigenvalue weighted by atomic mass is 9.92. The Hall–Kier alpha value is -2.51. The number of ether oxygens (including phenoxy) is 2. The van der Waals surface area contributed by atoms with Crippen molar-refractivity contribution in [2.24, 2.45) is 10.9 Å². The number of aromatic nitrogens is 3. The van der Waals surface area contributed by atoms with Gasteiger partial charge in [-0.25, -0.2) is 4.98 Å². The number of rotatable bonds is 5. The molecule has 170 valence electrons. The van der Waals surface area contributed by atoms with Gasteiger partial charge in [-0.3, -0.25) is 9.67 Å². The molecule has 1 fully saturated rings.